The highest BCUT2D eigenvalue weighted by Crippen LogP contribution is 2.38. The van der Waals surface area contributed by atoms with Gasteiger partial charge in [-0.25, -0.2) is 9.67 Å². The molecule has 31 heavy (non-hydrogen) atoms. The van der Waals surface area contributed by atoms with Gasteiger partial charge in [0.2, 0.25) is 0 Å². The van der Waals surface area contributed by atoms with Gasteiger partial charge in [0.25, 0.3) is 5.91 Å². The van der Waals surface area contributed by atoms with Crippen LogP contribution in [0.15, 0.2) is 36.4 Å². The van der Waals surface area contributed by atoms with E-state index in [0.29, 0.717) is 28.9 Å². The van der Waals surface area contributed by atoms with Crippen LogP contribution < -0.4 is 9.47 Å². The number of methoxy groups -OCH3 is 2. The minimum Gasteiger partial charge on any atom is -0.493 e. The van der Waals surface area contributed by atoms with Crippen molar-refractivity contribution in [3.8, 4) is 17.3 Å². The van der Waals surface area contributed by atoms with Crippen LogP contribution in [0, 0.1) is 13.8 Å². The van der Waals surface area contributed by atoms with Gasteiger partial charge in [0, 0.05) is 12.2 Å². The zero-order valence-electron chi connectivity index (χ0n) is 18.1. The average Bonchev–Trinajstić information content (AvgIpc) is 3.39. The van der Waals surface area contributed by atoms with Crippen LogP contribution in [-0.2, 0) is 0 Å². The molecule has 1 saturated heterocycles. The van der Waals surface area contributed by atoms with Crippen molar-refractivity contribution in [1.82, 2.24) is 19.7 Å². The van der Waals surface area contributed by atoms with Gasteiger partial charge in [0.15, 0.2) is 17.3 Å². The predicted molar refractivity (Wildman–Crippen MR) is 118 cm³/mol. The van der Waals surface area contributed by atoms with Crippen LogP contribution in [0.3, 0.4) is 0 Å². The van der Waals surface area contributed by atoms with Gasteiger partial charge in [-0.3, -0.25) is 4.79 Å². The van der Waals surface area contributed by atoms with Gasteiger partial charge in [-0.2, -0.15) is 5.10 Å². The van der Waals surface area contributed by atoms with E-state index < -0.39 is 0 Å². The molecular formula is C23H25ClN4O3. The lowest BCUT2D eigenvalue weighted by molar-refractivity contribution is 0.0729. The Kier molecular flexibility index (Phi) is 5.87. The van der Waals surface area contributed by atoms with Gasteiger partial charge in [-0.1, -0.05) is 17.7 Å². The molecule has 3 heterocycles. The van der Waals surface area contributed by atoms with Crippen molar-refractivity contribution in [1.29, 1.82) is 0 Å². The van der Waals surface area contributed by atoms with Crippen LogP contribution in [0.25, 0.3) is 5.82 Å². The van der Waals surface area contributed by atoms with Gasteiger partial charge in [0.1, 0.15) is 5.69 Å². The summed E-state index contributed by atoms with van der Waals surface area (Å²) < 4.78 is 12.5. The zero-order valence-corrected chi connectivity index (χ0v) is 18.8. The Labute approximate surface area is 186 Å². The molecule has 2 aromatic heterocycles. The summed E-state index contributed by atoms with van der Waals surface area (Å²) in [6, 6.07) is 11.1. The molecule has 4 rings (SSSR count). The highest BCUT2D eigenvalue weighted by Gasteiger charge is 2.33. The Hall–Kier alpha value is -3.06. The Bertz CT molecular complexity index is 1130. The first-order chi connectivity index (χ1) is 14.9. The van der Waals surface area contributed by atoms with Gasteiger partial charge in [-0.15, -0.1) is 0 Å². The maximum absolute atomic E-state index is 13.5. The standard InChI is InChI=1S/C23H25ClN4O3/c1-14-12-15(2)28(26-14)21-10-8-17(24)22(25-21)23(29)27-11-5-6-18(27)16-7-9-19(30-3)20(13-16)31-4/h7-10,12-13,18H,5-6,11H2,1-4H3. The Morgan fingerprint density at radius 2 is 1.87 bits per heavy atom. The normalized spacial score (nSPS) is 15.9. The summed E-state index contributed by atoms with van der Waals surface area (Å²) in [4.78, 5) is 19.9. The zero-order chi connectivity index (χ0) is 22.1. The fourth-order valence-electron chi connectivity index (χ4n) is 4.11. The third kappa shape index (κ3) is 3.97. The predicted octanol–water partition coefficient (Wildman–Crippen LogP) is 4.53. The molecule has 1 atom stereocenters. The van der Waals surface area contributed by atoms with E-state index in [4.69, 9.17) is 21.1 Å². The number of ether oxygens (including phenoxy) is 2. The maximum atomic E-state index is 13.5. The molecule has 0 aliphatic carbocycles. The molecule has 7 nitrogen and oxygen atoms in total. The lowest BCUT2D eigenvalue weighted by Crippen LogP contribution is -2.31. The molecule has 0 N–H and O–H groups in total. The molecule has 1 unspecified atom stereocenters. The van der Waals surface area contributed by atoms with Crippen LogP contribution in [0.4, 0.5) is 0 Å². The summed E-state index contributed by atoms with van der Waals surface area (Å²) in [5.41, 5.74) is 3.05. The number of carbonyl (C=O) groups excluding carboxylic acids is 1. The number of halogens is 1. The van der Waals surface area contributed by atoms with Crippen LogP contribution in [0.1, 0.15) is 46.3 Å². The Morgan fingerprint density at radius 1 is 1.10 bits per heavy atom. The number of carbonyl (C=O) groups is 1. The van der Waals surface area contributed by atoms with Crippen molar-refractivity contribution in [3.63, 3.8) is 0 Å². The molecular weight excluding hydrogens is 416 g/mol. The number of amides is 1. The van der Waals surface area contributed by atoms with E-state index in [1.54, 1.807) is 31.0 Å². The molecule has 1 aliphatic rings. The molecule has 3 aromatic rings. The molecule has 162 valence electrons. The van der Waals surface area contributed by atoms with Crippen molar-refractivity contribution >= 4 is 17.5 Å². The lowest BCUT2D eigenvalue weighted by Gasteiger charge is -2.26. The monoisotopic (exact) mass is 440 g/mol. The Morgan fingerprint density at radius 3 is 2.55 bits per heavy atom. The summed E-state index contributed by atoms with van der Waals surface area (Å²) >= 11 is 6.41. The van der Waals surface area contributed by atoms with E-state index in [0.717, 1.165) is 29.8 Å². The van der Waals surface area contributed by atoms with Crippen molar-refractivity contribution in [3.05, 3.63) is 64.1 Å². The third-order valence-electron chi connectivity index (χ3n) is 5.57. The molecule has 0 spiro atoms. The van der Waals surface area contributed by atoms with Crippen LogP contribution in [0.5, 0.6) is 11.5 Å². The second kappa shape index (κ2) is 8.59. The molecule has 8 heteroatoms. The average molecular weight is 441 g/mol. The number of aromatic nitrogens is 3. The maximum Gasteiger partial charge on any atom is 0.274 e. The van der Waals surface area contributed by atoms with E-state index in [9.17, 15) is 4.79 Å². The van der Waals surface area contributed by atoms with E-state index in [1.165, 1.54) is 0 Å². The molecule has 0 radical (unpaired) electrons. The number of aryl methyl sites for hydroxylation is 2. The summed E-state index contributed by atoms with van der Waals surface area (Å²) in [5.74, 6) is 1.68. The number of rotatable bonds is 5. The van der Waals surface area contributed by atoms with Crippen LogP contribution in [-0.4, -0.2) is 46.3 Å². The fraction of sp³-hybridized carbons (Fsp3) is 0.348. The number of hydrogen-bond donors (Lipinski definition) is 0. The first-order valence-corrected chi connectivity index (χ1v) is 10.5. The number of nitrogens with zero attached hydrogens (tertiary/aromatic N) is 4. The summed E-state index contributed by atoms with van der Waals surface area (Å²) in [6.07, 6.45) is 1.76. The number of benzene rings is 1. The molecule has 1 aliphatic heterocycles. The lowest BCUT2D eigenvalue weighted by atomic mass is 10.0. The second-order valence-corrected chi connectivity index (χ2v) is 8.02. The minimum absolute atomic E-state index is 0.0810. The number of pyridine rings is 1. The highest BCUT2D eigenvalue weighted by molar-refractivity contribution is 6.33. The van der Waals surface area contributed by atoms with Crippen molar-refractivity contribution in [2.45, 2.75) is 32.7 Å². The van der Waals surface area contributed by atoms with Crippen LogP contribution >= 0.6 is 11.6 Å². The first-order valence-electron chi connectivity index (χ1n) is 10.2. The molecule has 1 aromatic carbocycles. The highest BCUT2D eigenvalue weighted by atomic mass is 35.5. The number of likely N-dealkylation sites (tertiary alicyclic amines) is 1. The van der Waals surface area contributed by atoms with Gasteiger partial charge < -0.3 is 14.4 Å². The largest absolute Gasteiger partial charge is 0.493 e. The molecule has 0 saturated carbocycles. The summed E-state index contributed by atoms with van der Waals surface area (Å²) in [5, 5.41) is 4.79. The molecule has 0 bridgehead atoms. The van der Waals surface area contributed by atoms with Crippen molar-refractivity contribution in [2.75, 3.05) is 20.8 Å². The summed E-state index contributed by atoms with van der Waals surface area (Å²) in [7, 11) is 3.21. The van der Waals surface area contributed by atoms with Gasteiger partial charge in [0.05, 0.1) is 31.0 Å². The quantitative estimate of drug-likeness (QED) is 0.582. The van der Waals surface area contributed by atoms with E-state index in [1.807, 2.05) is 43.0 Å². The molecule has 1 fully saturated rings. The van der Waals surface area contributed by atoms with Crippen molar-refractivity contribution in [2.24, 2.45) is 0 Å². The SMILES string of the molecule is COc1ccc(C2CCCN2C(=O)c2nc(-n3nc(C)cc3C)ccc2Cl)cc1OC. The van der Waals surface area contributed by atoms with Crippen molar-refractivity contribution < 1.29 is 14.3 Å². The van der Waals surface area contributed by atoms with E-state index >= 15 is 0 Å². The topological polar surface area (TPSA) is 69.5 Å². The third-order valence-corrected chi connectivity index (χ3v) is 5.87. The fourth-order valence-corrected chi connectivity index (χ4v) is 4.30. The smallest absolute Gasteiger partial charge is 0.274 e. The molecule has 1 amide bonds. The second-order valence-electron chi connectivity index (χ2n) is 7.61. The van der Waals surface area contributed by atoms with Gasteiger partial charge >= 0.3 is 0 Å². The summed E-state index contributed by atoms with van der Waals surface area (Å²) in [6.45, 7) is 4.51. The number of hydrogen-bond acceptors (Lipinski definition) is 5. The van der Waals surface area contributed by atoms with E-state index in [-0.39, 0.29) is 17.6 Å². The van der Waals surface area contributed by atoms with Gasteiger partial charge in [-0.05, 0) is 62.6 Å². The van der Waals surface area contributed by atoms with Crippen LogP contribution in [0.2, 0.25) is 5.02 Å². The first kappa shape index (κ1) is 21.2. The minimum atomic E-state index is -0.189. The Balaban J connectivity index is 1.67. The van der Waals surface area contributed by atoms with E-state index in [2.05, 4.69) is 10.1 Å².